The van der Waals surface area contributed by atoms with Crippen LogP contribution in [0.15, 0.2) is 35.6 Å². The van der Waals surface area contributed by atoms with Crippen LogP contribution in [0.3, 0.4) is 0 Å². The van der Waals surface area contributed by atoms with Crippen LogP contribution < -0.4 is 4.90 Å². The highest BCUT2D eigenvalue weighted by Gasteiger charge is 2.28. The fraction of sp³-hybridized carbons (Fsp3) is 0.500. The van der Waals surface area contributed by atoms with Crippen LogP contribution in [0.2, 0.25) is 0 Å². The Labute approximate surface area is 158 Å². The molecule has 2 saturated heterocycles. The zero-order chi connectivity index (χ0) is 17.8. The number of aromatic nitrogens is 2. The quantitative estimate of drug-likeness (QED) is 0.764. The van der Waals surface area contributed by atoms with Crippen LogP contribution >= 0.6 is 11.5 Å². The minimum absolute atomic E-state index is 0.545. The molecule has 0 bridgehead atoms. The van der Waals surface area contributed by atoms with Crippen LogP contribution in [0.4, 0.5) is 5.13 Å². The van der Waals surface area contributed by atoms with Crippen LogP contribution in [0.25, 0.3) is 5.57 Å². The van der Waals surface area contributed by atoms with Crippen molar-refractivity contribution in [2.45, 2.75) is 38.1 Å². The molecule has 3 aliphatic rings. The minimum atomic E-state index is 0.545. The summed E-state index contributed by atoms with van der Waals surface area (Å²) in [6.07, 6.45) is 13.6. The average molecular weight is 366 g/mol. The van der Waals surface area contributed by atoms with Gasteiger partial charge in [0.1, 0.15) is 0 Å². The number of hydrogen-bond acceptors (Lipinski definition) is 6. The molecule has 6 heteroatoms. The lowest BCUT2D eigenvalue weighted by atomic mass is 10.0. The second-order valence-corrected chi connectivity index (χ2v) is 7.77. The van der Waals surface area contributed by atoms with Crippen molar-refractivity contribution in [3.63, 3.8) is 0 Å². The second kappa shape index (κ2) is 8.01. The van der Waals surface area contributed by atoms with Gasteiger partial charge < -0.3 is 9.80 Å². The van der Waals surface area contributed by atoms with Crippen LogP contribution in [0.1, 0.15) is 37.9 Å². The van der Waals surface area contributed by atoms with Gasteiger partial charge in [-0.3, -0.25) is 0 Å². The van der Waals surface area contributed by atoms with Crippen LogP contribution in [0.5, 0.6) is 0 Å². The number of rotatable bonds is 4. The topological polar surface area (TPSA) is 56.1 Å². The molecule has 0 unspecified atom stereocenters. The number of allylic oxidation sites excluding steroid dienone is 5. The molecule has 134 valence electrons. The van der Waals surface area contributed by atoms with E-state index in [4.69, 9.17) is 10.2 Å². The van der Waals surface area contributed by atoms with Gasteiger partial charge in [0.25, 0.3) is 0 Å². The van der Waals surface area contributed by atoms with Gasteiger partial charge in [-0.25, -0.2) is 0 Å². The Bertz CT molecular complexity index is 815. The maximum Gasteiger partial charge on any atom is 0.205 e. The summed E-state index contributed by atoms with van der Waals surface area (Å²) in [5, 5.41) is 10.0. The average Bonchev–Trinajstić information content (AvgIpc) is 3.30. The standard InChI is InChI=1S/C20H23N5S/c21-14-16-6-5-7-17(10-9-16)19-22-20(26-23-19)25-13-2-1-8-18(25)15-24-11-3-4-12-24/h5-6,9-10,18H,1-4,8,11-13,15H2/t18-/m0/s1. The Morgan fingerprint density at radius 2 is 2.04 bits per heavy atom. The molecule has 2 aliphatic heterocycles. The Kier molecular flexibility index (Phi) is 5.31. The summed E-state index contributed by atoms with van der Waals surface area (Å²) >= 11 is 1.48. The number of nitrogens with zero attached hydrogens (tertiary/aromatic N) is 5. The first-order valence-electron chi connectivity index (χ1n) is 9.42. The van der Waals surface area contributed by atoms with Crippen molar-refractivity contribution in [2.24, 2.45) is 0 Å². The summed E-state index contributed by atoms with van der Waals surface area (Å²) < 4.78 is 4.57. The van der Waals surface area contributed by atoms with Gasteiger partial charge in [-0.1, -0.05) is 0 Å². The van der Waals surface area contributed by atoms with E-state index in [1.54, 1.807) is 18.2 Å². The monoisotopic (exact) mass is 365 g/mol. The van der Waals surface area contributed by atoms with Gasteiger partial charge in [0.15, 0.2) is 5.82 Å². The van der Waals surface area contributed by atoms with Gasteiger partial charge in [0.05, 0.1) is 17.2 Å². The first-order valence-corrected chi connectivity index (χ1v) is 10.2. The molecule has 3 heterocycles. The molecule has 5 nitrogen and oxygen atoms in total. The first kappa shape index (κ1) is 17.2. The van der Waals surface area contributed by atoms with Gasteiger partial charge in [-0.15, -0.1) is 5.73 Å². The Morgan fingerprint density at radius 1 is 1.19 bits per heavy atom. The number of nitriles is 1. The van der Waals surface area contributed by atoms with E-state index in [1.807, 2.05) is 6.08 Å². The van der Waals surface area contributed by atoms with E-state index in [0.29, 0.717) is 17.4 Å². The number of anilines is 1. The van der Waals surface area contributed by atoms with Crippen LogP contribution in [-0.4, -0.2) is 46.5 Å². The summed E-state index contributed by atoms with van der Waals surface area (Å²) in [6, 6.07) is 2.70. The molecule has 0 N–H and O–H groups in total. The molecule has 2 fully saturated rings. The number of piperidine rings is 1. The highest BCUT2D eigenvalue weighted by molar-refractivity contribution is 7.09. The Morgan fingerprint density at radius 3 is 2.88 bits per heavy atom. The maximum absolute atomic E-state index is 9.03. The van der Waals surface area contributed by atoms with Crippen molar-refractivity contribution in [2.75, 3.05) is 31.1 Å². The van der Waals surface area contributed by atoms with E-state index in [1.165, 1.54) is 56.7 Å². The minimum Gasteiger partial charge on any atom is -0.343 e. The highest BCUT2D eigenvalue weighted by Crippen LogP contribution is 2.29. The first-order chi connectivity index (χ1) is 12.8. The summed E-state index contributed by atoms with van der Waals surface area (Å²) in [7, 11) is 0. The third-order valence-corrected chi connectivity index (χ3v) is 6.01. The normalized spacial score (nSPS) is 23.5. The summed E-state index contributed by atoms with van der Waals surface area (Å²) in [5.41, 5.74) is 4.63. The van der Waals surface area contributed by atoms with Gasteiger partial charge in [-0.2, -0.15) is 14.6 Å². The fourth-order valence-corrected chi connectivity index (χ4v) is 4.64. The fourth-order valence-electron chi connectivity index (χ4n) is 3.86. The van der Waals surface area contributed by atoms with Crippen molar-refractivity contribution < 1.29 is 0 Å². The molecule has 1 aromatic rings. The largest absolute Gasteiger partial charge is 0.343 e. The summed E-state index contributed by atoms with van der Waals surface area (Å²) in [4.78, 5) is 9.87. The smallest absolute Gasteiger partial charge is 0.205 e. The molecule has 0 spiro atoms. The summed E-state index contributed by atoms with van der Waals surface area (Å²) in [6.45, 7) is 4.69. The van der Waals surface area contributed by atoms with Crippen molar-refractivity contribution in [3.8, 4) is 6.07 Å². The Hall–Kier alpha value is -2.19. The van der Waals surface area contributed by atoms with E-state index in [9.17, 15) is 0 Å². The highest BCUT2D eigenvalue weighted by atomic mass is 32.1. The maximum atomic E-state index is 9.03. The molecular formula is C20H23N5S. The zero-order valence-corrected chi connectivity index (χ0v) is 15.7. The van der Waals surface area contributed by atoms with Crippen molar-refractivity contribution in [1.29, 1.82) is 5.26 Å². The molecule has 1 aromatic heterocycles. The lowest BCUT2D eigenvalue weighted by molar-refractivity contribution is 0.285. The van der Waals surface area contributed by atoms with Gasteiger partial charge in [0, 0.05) is 30.7 Å². The van der Waals surface area contributed by atoms with E-state index < -0.39 is 0 Å². The van der Waals surface area contributed by atoms with E-state index >= 15 is 0 Å². The molecule has 1 atom stereocenters. The molecular weight excluding hydrogens is 342 g/mol. The van der Waals surface area contributed by atoms with E-state index in [0.717, 1.165) is 23.8 Å². The predicted octanol–water partition coefficient (Wildman–Crippen LogP) is 3.55. The van der Waals surface area contributed by atoms with E-state index in [2.05, 4.69) is 26.0 Å². The van der Waals surface area contributed by atoms with Gasteiger partial charge in [0.2, 0.25) is 5.13 Å². The third-order valence-electron chi connectivity index (χ3n) is 5.26. The van der Waals surface area contributed by atoms with Crippen molar-refractivity contribution >= 4 is 22.2 Å². The molecule has 0 aromatic carbocycles. The molecule has 0 saturated carbocycles. The molecule has 4 rings (SSSR count). The molecule has 26 heavy (non-hydrogen) atoms. The van der Waals surface area contributed by atoms with Crippen molar-refractivity contribution in [1.82, 2.24) is 14.3 Å². The molecule has 0 amide bonds. The van der Waals surface area contributed by atoms with Crippen LogP contribution in [-0.2, 0) is 0 Å². The summed E-state index contributed by atoms with van der Waals surface area (Å²) in [5.74, 6) is 0.704. The third kappa shape index (κ3) is 3.81. The van der Waals surface area contributed by atoms with E-state index in [-0.39, 0.29) is 0 Å². The molecule has 1 aliphatic carbocycles. The van der Waals surface area contributed by atoms with Crippen molar-refractivity contribution in [3.05, 3.63) is 41.4 Å². The molecule has 0 radical (unpaired) electrons. The number of likely N-dealkylation sites (tertiary alicyclic amines) is 1. The SMILES string of the molecule is N#CC1=CC=C=C(c2nsc(N3CCCC[C@H]3CN3CCCC3)n2)C=C1. The Balaban J connectivity index is 1.51. The lowest BCUT2D eigenvalue weighted by Crippen LogP contribution is -2.46. The van der Waals surface area contributed by atoms with Gasteiger partial charge in [-0.05, 0) is 69.5 Å². The van der Waals surface area contributed by atoms with Crippen LogP contribution in [0, 0.1) is 11.3 Å². The number of hydrogen-bond donors (Lipinski definition) is 0. The zero-order valence-electron chi connectivity index (χ0n) is 14.9. The second-order valence-electron chi connectivity index (χ2n) is 7.04. The predicted molar refractivity (Wildman–Crippen MR) is 105 cm³/mol. The van der Waals surface area contributed by atoms with Gasteiger partial charge >= 0.3 is 0 Å². The lowest BCUT2D eigenvalue weighted by Gasteiger charge is -2.37.